The van der Waals surface area contributed by atoms with Crippen molar-refractivity contribution in [2.75, 3.05) is 12.8 Å². The van der Waals surface area contributed by atoms with Crippen LogP contribution in [0.2, 0.25) is 0 Å². The average Bonchev–Trinajstić information content (AvgIpc) is 3.06. The first kappa shape index (κ1) is 14.9. The summed E-state index contributed by atoms with van der Waals surface area (Å²) in [5.41, 5.74) is 6.46. The maximum absolute atomic E-state index is 12.2. The van der Waals surface area contributed by atoms with Crippen LogP contribution in [0, 0.1) is 0 Å². The van der Waals surface area contributed by atoms with E-state index in [0.29, 0.717) is 18.0 Å². The number of rotatable bonds is 7. The van der Waals surface area contributed by atoms with Crippen molar-refractivity contribution in [1.82, 2.24) is 9.29 Å². The van der Waals surface area contributed by atoms with Crippen molar-refractivity contribution in [3.63, 3.8) is 0 Å². The molecular weight excluding hydrogens is 282 g/mol. The molecule has 1 aliphatic rings. The quantitative estimate of drug-likeness (QED) is 0.792. The number of nitrogens with two attached hydrogens (primary N) is 1. The van der Waals surface area contributed by atoms with Crippen LogP contribution in [-0.2, 0) is 23.1 Å². The van der Waals surface area contributed by atoms with E-state index in [1.165, 1.54) is 0 Å². The van der Waals surface area contributed by atoms with Gasteiger partial charge in [-0.05, 0) is 32.1 Å². The minimum Gasteiger partial charge on any atom is -0.349 e. The predicted octanol–water partition coefficient (Wildman–Crippen LogP) is 1.14. The molecule has 1 aromatic heterocycles. The van der Waals surface area contributed by atoms with Crippen LogP contribution < -0.4 is 10.5 Å². The minimum absolute atomic E-state index is 0.122. The van der Waals surface area contributed by atoms with Gasteiger partial charge in [0.15, 0.2) is 0 Å². The average molecular weight is 303 g/mol. The Balaban J connectivity index is 2.13. The van der Waals surface area contributed by atoms with Crippen molar-refractivity contribution in [2.24, 2.45) is 5.73 Å². The molecule has 3 N–H and O–H groups in total. The topological polar surface area (TPSA) is 77.1 Å². The summed E-state index contributed by atoms with van der Waals surface area (Å²) in [5.74, 6) is 0. The Labute approximate surface area is 119 Å². The highest BCUT2D eigenvalue weighted by Crippen LogP contribution is 2.46. The van der Waals surface area contributed by atoms with Gasteiger partial charge in [0, 0.05) is 36.3 Å². The van der Waals surface area contributed by atoms with E-state index < -0.39 is 10.0 Å². The van der Waals surface area contributed by atoms with Crippen molar-refractivity contribution in [3.8, 4) is 0 Å². The lowest BCUT2D eigenvalue weighted by atomic mass is 10.4. The molecule has 1 fully saturated rings. The summed E-state index contributed by atoms with van der Waals surface area (Å²) in [6, 6.07) is 1.66. The van der Waals surface area contributed by atoms with Gasteiger partial charge in [0.1, 0.15) is 0 Å². The molecule has 1 aliphatic carbocycles. The van der Waals surface area contributed by atoms with E-state index in [-0.39, 0.29) is 4.75 Å². The molecule has 19 heavy (non-hydrogen) atoms. The fraction of sp³-hybridized carbons (Fsp3) is 0.667. The summed E-state index contributed by atoms with van der Waals surface area (Å²) >= 11 is 1.74. The van der Waals surface area contributed by atoms with Crippen molar-refractivity contribution < 1.29 is 8.42 Å². The molecule has 0 aliphatic heterocycles. The van der Waals surface area contributed by atoms with Crippen LogP contribution in [0.25, 0.3) is 0 Å². The first-order chi connectivity index (χ1) is 8.96. The largest absolute Gasteiger partial charge is 0.349 e. The molecule has 1 heterocycles. The maximum atomic E-state index is 12.2. The molecule has 1 saturated carbocycles. The number of aryl methyl sites for hydroxylation is 1. The number of sulfonamides is 1. The van der Waals surface area contributed by atoms with Crippen molar-refractivity contribution in [1.29, 1.82) is 0 Å². The van der Waals surface area contributed by atoms with E-state index in [1.807, 2.05) is 17.7 Å². The molecule has 0 amide bonds. The van der Waals surface area contributed by atoms with E-state index in [2.05, 4.69) is 4.72 Å². The fourth-order valence-corrected chi connectivity index (χ4v) is 4.05. The molecule has 2 rings (SSSR count). The first-order valence-electron chi connectivity index (χ1n) is 6.40. The van der Waals surface area contributed by atoms with E-state index >= 15 is 0 Å². The summed E-state index contributed by atoms with van der Waals surface area (Å²) in [7, 11) is -3.43. The minimum atomic E-state index is -3.43. The normalized spacial score (nSPS) is 17.6. The Morgan fingerprint density at radius 2 is 2.21 bits per heavy atom. The van der Waals surface area contributed by atoms with E-state index in [0.717, 1.165) is 25.1 Å². The summed E-state index contributed by atoms with van der Waals surface area (Å²) in [6.07, 6.45) is 5.85. The Morgan fingerprint density at radius 3 is 2.63 bits per heavy atom. The summed E-state index contributed by atoms with van der Waals surface area (Å²) in [6.45, 7) is 3.54. The second-order valence-electron chi connectivity index (χ2n) is 4.87. The first-order valence-corrected chi connectivity index (χ1v) is 9.11. The third-order valence-electron chi connectivity index (χ3n) is 3.65. The van der Waals surface area contributed by atoms with Gasteiger partial charge in [-0.2, -0.15) is 11.8 Å². The van der Waals surface area contributed by atoms with Crippen LogP contribution in [0.4, 0.5) is 0 Å². The van der Waals surface area contributed by atoms with Crippen LogP contribution in [0.15, 0.2) is 17.2 Å². The van der Waals surface area contributed by atoms with Gasteiger partial charge in [0.25, 0.3) is 0 Å². The van der Waals surface area contributed by atoms with Crippen LogP contribution in [0.5, 0.6) is 0 Å². The van der Waals surface area contributed by atoms with Gasteiger partial charge in [-0.15, -0.1) is 0 Å². The number of aromatic nitrogens is 1. The number of nitrogens with zero attached hydrogens (tertiary/aromatic N) is 1. The molecule has 0 spiro atoms. The smallest absolute Gasteiger partial charge is 0.242 e. The Bertz CT molecular complexity index is 526. The predicted molar refractivity (Wildman–Crippen MR) is 78.7 cm³/mol. The lowest BCUT2D eigenvalue weighted by Crippen LogP contribution is -2.31. The summed E-state index contributed by atoms with van der Waals surface area (Å²) < 4.78 is 29.2. The molecule has 7 heteroatoms. The molecule has 1 aromatic rings. The second kappa shape index (κ2) is 5.47. The zero-order chi connectivity index (χ0) is 14.1. The van der Waals surface area contributed by atoms with Gasteiger partial charge in [0.05, 0.1) is 4.90 Å². The molecule has 0 unspecified atom stereocenters. The third-order valence-corrected chi connectivity index (χ3v) is 6.43. The zero-order valence-corrected chi connectivity index (χ0v) is 13.0. The van der Waals surface area contributed by atoms with Gasteiger partial charge in [-0.25, -0.2) is 13.1 Å². The van der Waals surface area contributed by atoms with Gasteiger partial charge >= 0.3 is 0 Å². The van der Waals surface area contributed by atoms with Crippen molar-refractivity contribution >= 4 is 21.8 Å². The monoisotopic (exact) mass is 303 g/mol. The van der Waals surface area contributed by atoms with Crippen molar-refractivity contribution in [3.05, 3.63) is 18.0 Å². The Hall–Kier alpha value is -0.500. The molecule has 0 atom stereocenters. The second-order valence-corrected chi connectivity index (χ2v) is 7.91. The molecule has 108 valence electrons. The highest BCUT2D eigenvalue weighted by atomic mass is 32.2. The third kappa shape index (κ3) is 3.16. The zero-order valence-electron chi connectivity index (χ0n) is 11.3. The molecule has 0 bridgehead atoms. The number of hydrogen-bond acceptors (Lipinski definition) is 4. The molecule has 5 nitrogen and oxygen atoms in total. The van der Waals surface area contributed by atoms with Gasteiger partial charge in [0.2, 0.25) is 10.0 Å². The van der Waals surface area contributed by atoms with Gasteiger partial charge in [-0.1, -0.05) is 0 Å². The van der Waals surface area contributed by atoms with Crippen LogP contribution in [0.3, 0.4) is 0 Å². The number of nitrogens with one attached hydrogen (secondary N) is 1. The van der Waals surface area contributed by atoms with Gasteiger partial charge in [-0.3, -0.25) is 0 Å². The fourth-order valence-electron chi connectivity index (χ4n) is 2.04. The molecule has 0 saturated heterocycles. The maximum Gasteiger partial charge on any atom is 0.242 e. The molecular formula is C12H21N3O2S2. The van der Waals surface area contributed by atoms with E-state index in [9.17, 15) is 8.42 Å². The lowest BCUT2D eigenvalue weighted by molar-refractivity contribution is 0.579. The SMILES string of the molecule is CCn1cc(S(=O)(=O)NCC2(SC)CC2)cc1CN. The van der Waals surface area contributed by atoms with Crippen LogP contribution in [-0.4, -0.2) is 30.5 Å². The summed E-state index contributed by atoms with van der Waals surface area (Å²) in [5, 5.41) is 0. The van der Waals surface area contributed by atoms with Crippen molar-refractivity contribution in [2.45, 2.75) is 42.5 Å². The van der Waals surface area contributed by atoms with E-state index in [1.54, 1.807) is 24.0 Å². The van der Waals surface area contributed by atoms with Crippen LogP contribution >= 0.6 is 11.8 Å². The molecule has 0 aromatic carbocycles. The Morgan fingerprint density at radius 1 is 1.53 bits per heavy atom. The van der Waals surface area contributed by atoms with Gasteiger partial charge < -0.3 is 10.3 Å². The lowest BCUT2D eigenvalue weighted by Gasteiger charge is -2.12. The molecule has 0 radical (unpaired) electrons. The van der Waals surface area contributed by atoms with Crippen LogP contribution in [0.1, 0.15) is 25.5 Å². The highest BCUT2D eigenvalue weighted by molar-refractivity contribution is 8.00. The number of thioether (sulfide) groups is 1. The number of hydrogen-bond donors (Lipinski definition) is 2. The summed E-state index contributed by atoms with van der Waals surface area (Å²) in [4.78, 5) is 0.312. The Kier molecular flexibility index (Phi) is 4.29. The van der Waals surface area contributed by atoms with E-state index in [4.69, 9.17) is 5.73 Å². The highest BCUT2D eigenvalue weighted by Gasteiger charge is 2.42. The standard InChI is InChI=1S/C12H21N3O2S2/c1-3-15-8-11(6-10(15)7-13)19(16,17)14-9-12(18-2)4-5-12/h6,8,14H,3-5,7,9,13H2,1-2H3.